The van der Waals surface area contributed by atoms with E-state index in [1.165, 1.54) is 5.56 Å². The zero-order chi connectivity index (χ0) is 14.0. The molecule has 3 heteroatoms. The molecule has 2 unspecified atom stereocenters. The van der Waals surface area contributed by atoms with Gasteiger partial charge in [0.05, 0.1) is 0 Å². The Labute approximate surface area is 115 Å². The summed E-state index contributed by atoms with van der Waals surface area (Å²) < 4.78 is 0. The minimum Gasteiger partial charge on any atom is -0.373 e. The monoisotopic (exact) mass is 260 g/mol. The molecule has 1 heterocycles. The fourth-order valence-corrected chi connectivity index (χ4v) is 2.14. The lowest BCUT2D eigenvalue weighted by Crippen LogP contribution is -2.42. The molecule has 1 aliphatic rings. The van der Waals surface area contributed by atoms with E-state index in [1.54, 1.807) is 0 Å². The molecule has 1 aromatic carbocycles. The van der Waals surface area contributed by atoms with E-state index in [9.17, 15) is 4.79 Å². The third-order valence-electron chi connectivity index (χ3n) is 4.15. The lowest BCUT2D eigenvalue weighted by molar-refractivity contribution is -0.122. The number of rotatable bonds is 3. The molecule has 2 rings (SSSR count). The molecular formula is C16H24N2O. The second-order valence-electron chi connectivity index (χ2n) is 6.57. The van der Waals surface area contributed by atoms with Crippen molar-refractivity contribution >= 4 is 11.6 Å². The SMILES string of the molecule is CC(CNC(=O)C1Cc2ccccc2N1)C(C)(C)C. The Morgan fingerprint density at radius 2 is 2.11 bits per heavy atom. The van der Waals surface area contributed by atoms with Crippen molar-refractivity contribution in [2.75, 3.05) is 11.9 Å². The summed E-state index contributed by atoms with van der Waals surface area (Å²) in [6, 6.07) is 7.99. The normalized spacial score (nSPS) is 19.5. The molecular weight excluding hydrogens is 236 g/mol. The molecule has 0 saturated heterocycles. The first kappa shape index (κ1) is 13.9. The largest absolute Gasteiger partial charge is 0.373 e. The molecule has 0 bridgehead atoms. The fourth-order valence-electron chi connectivity index (χ4n) is 2.14. The Kier molecular flexibility index (Phi) is 3.83. The quantitative estimate of drug-likeness (QED) is 0.877. The van der Waals surface area contributed by atoms with Crippen LogP contribution in [0.25, 0.3) is 0 Å². The standard InChI is InChI=1S/C16H24N2O/c1-11(16(2,3)4)10-17-15(19)14-9-12-7-5-6-8-13(12)18-14/h5-8,11,14,18H,9-10H2,1-4H3,(H,17,19). The first-order valence-corrected chi connectivity index (χ1v) is 7.00. The number of fused-ring (bicyclic) bond motifs is 1. The van der Waals surface area contributed by atoms with E-state index in [0.717, 1.165) is 18.7 Å². The third kappa shape index (κ3) is 3.28. The molecule has 0 saturated carbocycles. The van der Waals surface area contributed by atoms with Crippen LogP contribution in [0.15, 0.2) is 24.3 Å². The number of carbonyl (C=O) groups is 1. The summed E-state index contributed by atoms with van der Waals surface area (Å²) in [5.74, 6) is 0.563. The second kappa shape index (κ2) is 5.24. The molecule has 19 heavy (non-hydrogen) atoms. The highest BCUT2D eigenvalue weighted by atomic mass is 16.2. The molecule has 1 amide bonds. The van der Waals surface area contributed by atoms with E-state index < -0.39 is 0 Å². The Balaban J connectivity index is 1.87. The predicted molar refractivity (Wildman–Crippen MR) is 79.2 cm³/mol. The molecule has 0 aliphatic carbocycles. The number of amides is 1. The number of para-hydroxylation sites is 1. The van der Waals surface area contributed by atoms with Crippen molar-refractivity contribution in [1.82, 2.24) is 5.32 Å². The number of nitrogens with one attached hydrogen (secondary N) is 2. The van der Waals surface area contributed by atoms with E-state index in [4.69, 9.17) is 0 Å². The van der Waals surface area contributed by atoms with Gasteiger partial charge in [0.15, 0.2) is 0 Å². The molecule has 2 N–H and O–H groups in total. The Bertz CT molecular complexity index is 437. The van der Waals surface area contributed by atoms with Crippen molar-refractivity contribution < 1.29 is 4.79 Å². The molecule has 0 radical (unpaired) electrons. The summed E-state index contributed by atoms with van der Waals surface area (Å²) in [4.78, 5) is 12.2. The summed E-state index contributed by atoms with van der Waals surface area (Å²) in [5, 5.41) is 6.35. The number of benzene rings is 1. The second-order valence-corrected chi connectivity index (χ2v) is 6.57. The minimum absolute atomic E-state index is 0.104. The minimum atomic E-state index is -0.121. The van der Waals surface area contributed by atoms with Gasteiger partial charge in [-0.3, -0.25) is 4.79 Å². The van der Waals surface area contributed by atoms with Crippen LogP contribution in [0.5, 0.6) is 0 Å². The zero-order valence-corrected chi connectivity index (χ0v) is 12.3. The molecule has 1 aliphatic heterocycles. The molecule has 0 fully saturated rings. The van der Waals surface area contributed by atoms with Crippen molar-refractivity contribution in [2.45, 2.75) is 40.2 Å². The summed E-state index contributed by atoms with van der Waals surface area (Å²) >= 11 is 0. The van der Waals surface area contributed by atoms with Crippen LogP contribution in [-0.2, 0) is 11.2 Å². The molecule has 1 aromatic rings. The van der Waals surface area contributed by atoms with E-state index in [2.05, 4.69) is 44.4 Å². The van der Waals surface area contributed by atoms with Crippen LogP contribution in [0.1, 0.15) is 33.3 Å². The van der Waals surface area contributed by atoms with Gasteiger partial charge in [-0.05, 0) is 23.0 Å². The summed E-state index contributed by atoms with van der Waals surface area (Å²) in [7, 11) is 0. The van der Waals surface area contributed by atoms with Gasteiger partial charge in [0.25, 0.3) is 0 Å². The number of hydrogen-bond donors (Lipinski definition) is 2. The van der Waals surface area contributed by atoms with E-state index in [0.29, 0.717) is 5.92 Å². The molecule has 104 valence electrons. The first-order chi connectivity index (χ1) is 8.88. The first-order valence-electron chi connectivity index (χ1n) is 7.00. The van der Waals surface area contributed by atoms with Gasteiger partial charge in [-0.1, -0.05) is 45.9 Å². The van der Waals surface area contributed by atoms with Gasteiger partial charge in [0.1, 0.15) is 6.04 Å². The van der Waals surface area contributed by atoms with Gasteiger partial charge in [0, 0.05) is 18.7 Å². The van der Waals surface area contributed by atoms with Crippen molar-refractivity contribution in [3.8, 4) is 0 Å². The molecule has 2 atom stereocenters. The van der Waals surface area contributed by atoms with Gasteiger partial charge >= 0.3 is 0 Å². The van der Waals surface area contributed by atoms with E-state index in [-0.39, 0.29) is 17.4 Å². The highest BCUT2D eigenvalue weighted by Crippen LogP contribution is 2.26. The maximum absolute atomic E-state index is 12.2. The van der Waals surface area contributed by atoms with Crippen LogP contribution < -0.4 is 10.6 Å². The highest BCUT2D eigenvalue weighted by molar-refractivity contribution is 5.87. The van der Waals surface area contributed by atoms with Gasteiger partial charge < -0.3 is 10.6 Å². The van der Waals surface area contributed by atoms with Crippen LogP contribution in [0.3, 0.4) is 0 Å². The maximum atomic E-state index is 12.2. The maximum Gasteiger partial charge on any atom is 0.242 e. The van der Waals surface area contributed by atoms with Crippen LogP contribution in [0.4, 0.5) is 5.69 Å². The average molecular weight is 260 g/mol. The van der Waals surface area contributed by atoms with Crippen molar-refractivity contribution in [1.29, 1.82) is 0 Å². The fraction of sp³-hybridized carbons (Fsp3) is 0.562. The van der Waals surface area contributed by atoms with E-state index >= 15 is 0 Å². The Morgan fingerprint density at radius 3 is 2.74 bits per heavy atom. The molecule has 0 aromatic heterocycles. The summed E-state index contributed by atoms with van der Waals surface area (Å²) in [6.07, 6.45) is 0.784. The van der Waals surface area contributed by atoms with Crippen LogP contribution in [0.2, 0.25) is 0 Å². The van der Waals surface area contributed by atoms with Crippen molar-refractivity contribution in [3.63, 3.8) is 0 Å². The Hall–Kier alpha value is -1.51. The highest BCUT2D eigenvalue weighted by Gasteiger charge is 2.27. The Morgan fingerprint density at radius 1 is 1.42 bits per heavy atom. The van der Waals surface area contributed by atoms with Crippen LogP contribution in [0, 0.1) is 11.3 Å². The van der Waals surface area contributed by atoms with Gasteiger partial charge in [-0.25, -0.2) is 0 Å². The van der Waals surface area contributed by atoms with Gasteiger partial charge in [-0.15, -0.1) is 0 Å². The predicted octanol–water partition coefficient (Wildman–Crippen LogP) is 2.82. The molecule has 3 nitrogen and oxygen atoms in total. The van der Waals surface area contributed by atoms with Crippen molar-refractivity contribution in [3.05, 3.63) is 29.8 Å². The van der Waals surface area contributed by atoms with Gasteiger partial charge in [-0.2, -0.15) is 0 Å². The number of anilines is 1. The average Bonchev–Trinajstić information content (AvgIpc) is 2.78. The molecule has 0 spiro atoms. The lowest BCUT2D eigenvalue weighted by Gasteiger charge is -2.27. The number of hydrogen-bond acceptors (Lipinski definition) is 2. The zero-order valence-electron chi connectivity index (χ0n) is 12.3. The third-order valence-corrected chi connectivity index (χ3v) is 4.15. The van der Waals surface area contributed by atoms with Crippen molar-refractivity contribution in [2.24, 2.45) is 11.3 Å². The lowest BCUT2D eigenvalue weighted by atomic mass is 9.82. The van der Waals surface area contributed by atoms with Crippen LogP contribution >= 0.6 is 0 Å². The van der Waals surface area contributed by atoms with E-state index in [1.807, 2.05) is 18.2 Å². The summed E-state index contributed by atoms with van der Waals surface area (Å²) in [5.41, 5.74) is 2.54. The smallest absolute Gasteiger partial charge is 0.242 e. The topological polar surface area (TPSA) is 41.1 Å². The van der Waals surface area contributed by atoms with Crippen LogP contribution in [-0.4, -0.2) is 18.5 Å². The summed E-state index contributed by atoms with van der Waals surface area (Å²) in [6.45, 7) is 9.52. The van der Waals surface area contributed by atoms with Gasteiger partial charge in [0.2, 0.25) is 5.91 Å². The number of carbonyl (C=O) groups excluding carboxylic acids is 1.